The third kappa shape index (κ3) is 2.44. The van der Waals surface area contributed by atoms with Gasteiger partial charge in [0.2, 0.25) is 11.8 Å². The van der Waals surface area contributed by atoms with Crippen LogP contribution < -0.4 is 5.32 Å². The predicted octanol–water partition coefficient (Wildman–Crippen LogP) is 0.509. The van der Waals surface area contributed by atoms with Crippen LogP contribution in [0.15, 0.2) is 0 Å². The number of aliphatic carboxylic acids is 1. The Morgan fingerprint density at radius 3 is 2.40 bits per heavy atom. The Kier molecular flexibility index (Phi) is 3.50. The number of likely N-dealkylation sites (tertiary alicyclic amines) is 1. The lowest BCUT2D eigenvalue weighted by Crippen LogP contribution is -2.49. The Balaban J connectivity index is 1.67. The van der Waals surface area contributed by atoms with Gasteiger partial charge in [0, 0.05) is 6.04 Å². The molecule has 2 atom stereocenters. The van der Waals surface area contributed by atoms with Crippen LogP contribution in [-0.2, 0) is 14.4 Å². The summed E-state index contributed by atoms with van der Waals surface area (Å²) in [6.45, 7) is 0. The van der Waals surface area contributed by atoms with Crippen molar-refractivity contribution in [1.29, 1.82) is 0 Å². The summed E-state index contributed by atoms with van der Waals surface area (Å²) < 4.78 is 0. The number of hydrogen-bond donors (Lipinski definition) is 2. The number of amides is 2. The molecule has 3 fully saturated rings. The fourth-order valence-corrected chi connectivity index (χ4v) is 3.38. The molecule has 0 aromatic carbocycles. The lowest BCUT2D eigenvalue weighted by atomic mass is 10.1. The van der Waals surface area contributed by atoms with Gasteiger partial charge < -0.3 is 5.11 Å². The summed E-state index contributed by atoms with van der Waals surface area (Å²) in [5.74, 6) is -1.20. The summed E-state index contributed by atoms with van der Waals surface area (Å²) in [6.07, 6.45) is 5.74. The van der Waals surface area contributed by atoms with E-state index in [4.69, 9.17) is 0 Å². The van der Waals surface area contributed by atoms with Gasteiger partial charge >= 0.3 is 5.97 Å². The summed E-state index contributed by atoms with van der Waals surface area (Å²) in [6, 6.07) is -1.31. The Morgan fingerprint density at radius 1 is 1.20 bits per heavy atom. The second kappa shape index (κ2) is 5.16. The van der Waals surface area contributed by atoms with E-state index in [0.717, 1.165) is 38.5 Å². The number of nitrogens with zero attached hydrogens (tertiary/aromatic N) is 1. The normalized spacial score (nSPS) is 29.2. The molecule has 1 heterocycles. The number of carboxylic acids is 1. The highest BCUT2D eigenvalue weighted by Gasteiger charge is 2.46. The molecule has 6 nitrogen and oxygen atoms in total. The fraction of sp³-hybridized carbons (Fsp3) is 0.786. The van der Waals surface area contributed by atoms with Crippen molar-refractivity contribution in [2.45, 2.75) is 63.1 Å². The van der Waals surface area contributed by atoms with Gasteiger partial charge in [-0.1, -0.05) is 12.8 Å². The number of carboxylic acid groups (broad SMARTS) is 1. The van der Waals surface area contributed by atoms with Gasteiger partial charge in [-0.2, -0.15) is 0 Å². The average Bonchev–Trinajstić information content (AvgIpc) is 3.01. The molecule has 6 heteroatoms. The van der Waals surface area contributed by atoms with E-state index in [1.165, 1.54) is 4.90 Å². The number of carbonyl (C=O) groups excluding carboxylic acids is 2. The zero-order valence-corrected chi connectivity index (χ0v) is 11.4. The molecule has 3 aliphatic rings. The molecule has 0 bridgehead atoms. The number of nitrogens with one attached hydrogen (secondary N) is 1. The molecule has 0 aromatic rings. The van der Waals surface area contributed by atoms with Gasteiger partial charge in [0.1, 0.15) is 6.04 Å². The van der Waals surface area contributed by atoms with Crippen LogP contribution >= 0.6 is 0 Å². The van der Waals surface area contributed by atoms with Crippen molar-refractivity contribution in [2.24, 2.45) is 5.92 Å². The molecule has 2 saturated carbocycles. The van der Waals surface area contributed by atoms with Gasteiger partial charge in [0.15, 0.2) is 0 Å². The van der Waals surface area contributed by atoms with Gasteiger partial charge in [-0.3, -0.25) is 24.6 Å². The maximum Gasteiger partial charge on any atom is 0.321 e. The van der Waals surface area contributed by atoms with E-state index in [1.807, 2.05) is 0 Å². The summed E-state index contributed by atoms with van der Waals surface area (Å²) in [4.78, 5) is 37.0. The molecule has 1 saturated heterocycles. The van der Waals surface area contributed by atoms with Crippen LogP contribution in [-0.4, -0.2) is 45.9 Å². The highest BCUT2D eigenvalue weighted by Crippen LogP contribution is 2.34. The molecule has 1 aliphatic heterocycles. The molecular weight excluding hydrogens is 260 g/mol. The lowest BCUT2D eigenvalue weighted by molar-refractivity contribution is -0.141. The van der Waals surface area contributed by atoms with Crippen molar-refractivity contribution in [3.05, 3.63) is 0 Å². The highest BCUT2D eigenvalue weighted by atomic mass is 16.4. The van der Waals surface area contributed by atoms with E-state index >= 15 is 0 Å². The monoisotopic (exact) mass is 280 g/mol. The first-order valence-electron chi connectivity index (χ1n) is 7.42. The van der Waals surface area contributed by atoms with Gasteiger partial charge in [-0.05, 0) is 31.6 Å². The van der Waals surface area contributed by atoms with Crippen molar-refractivity contribution in [3.8, 4) is 0 Å². The minimum Gasteiger partial charge on any atom is -0.480 e. The van der Waals surface area contributed by atoms with Crippen LogP contribution in [0.1, 0.15) is 44.9 Å². The molecule has 2 amide bonds. The van der Waals surface area contributed by atoms with Crippen molar-refractivity contribution in [2.75, 3.05) is 0 Å². The largest absolute Gasteiger partial charge is 0.480 e. The maximum atomic E-state index is 12.4. The van der Waals surface area contributed by atoms with Gasteiger partial charge in [0.25, 0.3) is 0 Å². The predicted molar refractivity (Wildman–Crippen MR) is 69.8 cm³/mol. The standard InChI is InChI=1S/C14H20N2O4/c17-11-7-10(15-12(14(19)20)8-5-6-8)13(18)16(11)9-3-1-2-4-9/h8-10,12,15H,1-7H2,(H,19,20). The molecule has 3 rings (SSSR count). The molecule has 2 N–H and O–H groups in total. The summed E-state index contributed by atoms with van der Waals surface area (Å²) in [7, 11) is 0. The highest BCUT2D eigenvalue weighted by molar-refractivity contribution is 6.06. The molecule has 0 aromatic heterocycles. The maximum absolute atomic E-state index is 12.4. The van der Waals surface area contributed by atoms with Gasteiger partial charge in [0.05, 0.1) is 12.5 Å². The van der Waals surface area contributed by atoms with Crippen LogP contribution in [0.3, 0.4) is 0 Å². The first-order valence-corrected chi connectivity index (χ1v) is 7.42. The second-order valence-corrected chi connectivity index (χ2v) is 6.12. The molecular formula is C14H20N2O4. The van der Waals surface area contributed by atoms with E-state index in [0.29, 0.717) is 0 Å². The van der Waals surface area contributed by atoms with Crippen molar-refractivity contribution >= 4 is 17.8 Å². The molecule has 0 radical (unpaired) electrons. The van der Waals surface area contributed by atoms with Crippen molar-refractivity contribution < 1.29 is 19.5 Å². The van der Waals surface area contributed by atoms with Gasteiger partial charge in [-0.15, -0.1) is 0 Å². The van der Waals surface area contributed by atoms with Gasteiger partial charge in [-0.25, -0.2) is 0 Å². The van der Waals surface area contributed by atoms with Crippen LogP contribution in [0.2, 0.25) is 0 Å². The Bertz CT molecular complexity index is 440. The molecule has 20 heavy (non-hydrogen) atoms. The number of imide groups is 1. The molecule has 0 spiro atoms. The zero-order valence-electron chi connectivity index (χ0n) is 11.4. The molecule has 110 valence electrons. The van der Waals surface area contributed by atoms with E-state index in [1.54, 1.807) is 0 Å². The Morgan fingerprint density at radius 2 is 1.85 bits per heavy atom. The van der Waals surface area contributed by atoms with E-state index < -0.39 is 18.1 Å². The van der Waals surface area contributed by atoms with Crippen LogP contribution in [0.25, 0.3) is 0 Å². The Hall–Kier alpha value is -1.43. The van der Waals surface area contributed by atoms with Crippen molar-refractivity contribution in [3.63, 3.8) is 0 Å². The topological polar surface area (TPSA) is 86.7 Å². The first kappa shape index (κ1) is 13.5. The zero-order chi connectivity index (χ0) is 14.3. The van der Waals surface area contributed by atoms with E-state index in [-0.39, 0.29) is 30.2 Å². The summed E-state index contributed by atoms with van der Waals surface area (Å²) >= 11 is 0. The van der Waals surface area contributed by atoms with Crippen LogP contribution in [0.4, 0.5) is 0 Å². The van der Waals surface area contributed by atoms with Crippen molar-refractivity contribution in [1.82, 2.24) is 10.2 Å². The fourth-order valence-electron chi connectivity index (χ4n) is 3.38. The SMILES string of the molecule is O=C(O)C(NC1CC(=O)N(C2CCCC2)C1=O)C1CC1. The lowest BCUT2D eigenvalue weighted by Gasteiger charge is -2.23. The van der Waals surface area contributed by atoms with Crippen LogP contribution in [0.5, 0.6) is 0 Å². The number of hydrogen-bond acceptors (Lipinski definition) is 4. The second-order valence-electron chi connectivity index (χ2n) is 6.12. The van der Waals surface area contributed by atoms with E-state index in [9.17, 15) is 19.5 Å². The minimum absolute atomic E-state index is 0.0333. The summed E-state index contributed by atoms with van der Waals surface area (Å²) in [5, 5.41) is 12.1. The molecule has 2 unspecified atom stereocenters. The first-order chi connectivity index (χ1) is 9.58. The smallest absolute Gasteiger partial charge is 0.321 e. The third-order valence-corrected chi connectivity index (χ3v) is 4.61. The number of carbonyl (C=O) groups is 3. The van der Waals surface area contributed by atoms with Crippen LogP contribution in [0, 0.1) is 5.92 Å². The van der Waals surface area contributed by atoms with E-state index in [2.05, 4.69) is 5.32 Å². The Labute approximate surface area is 117 Å². The molecule has 2 aliphatic carbocycles. The third-order valence-electron chi connectivity index (χ3n) is 4.61. The quantitative estimate of drug-likeness (QED) is 0.717. The summed E-state index contributed by atoms with van der Waals surface area (Å²) in [5.41, 5.74) is 0. The average molecular weight is 280 g/mol. The minimum atomic E-state index is -0.924. The number of rotatable bonds is 5.